The van der Waals surface area contributed by atoms with Gasteiger partial charge in [-0.05, 0) is 47.7 Å². The van der Waals surface area contributed by atoms with Gasteiger partial charge in [0.25, 0.3) is 0 Å². The maximum atomic E-state index is 12.9. The van der Waals surface area contributed by atoms with E-state index in [0.717, 1.165) is 55.5 Å². The second-order valence-corrected chi connectivity index (χ2v) is 7.84. The molecule has 1 saturated heterocycles. The first-order chi connectivity index (χ1) is 14.2. The fourth-order valence-electron chi connectivity index (χ4n) is 4.54. The number of para-hydroxylation sites is 1. The molecule has 0 bridgehead atoms. The van der Waals surface area contributed by atoms with Crippen LogP contribution in [0.3, 0.4) is 0 Å². The van der Waals surface area contributed by atoms with Crippen molar-refractivity contribution >= 4 is 11.6 Å². The number of carbonyl (C=O) groups excluding carboxylic acids is 1. The van der Waals surface area contributed by atoms with Gasteiger partial charge in [0.05, 0.1) is 12.8 Å². The molecule has 1 unspecified atom stereocenters. The van der Waals surface area contributed by atoms with E-state index in [4.69, 9.17) is 14.2 Å². The summed E-state index contributed by atoms with van der Waals surface area (Å²) in [5.41, 5.74) is 3.67. The Balaban J connectivity index is 1.20. The molecule has 5 rings (SSSR count). The van der Waals surface area contributed by atoms with Gasteiger partial charge in [-0.3, -0.25) is 4.79 Å². The molecule has 6 heteroatoms. The van der Waals surface area contributed by atoms with Crippen molar-refractivity contribution in [2.75, 3.05) is 51.4 Å². The summed E-state index contributed by atoms with van der Waals surface area (Å²) in [4.78, 5) is 17.2. The molecule has 0 N–H and O–H groups in total. The normalized spacial score (nSPS) is 20.0. The minimum absolute atomic E-state index is 0.248. The standard InChI is InChI=1S/C23H26N2O4/c1-27-18-6-5-16-13-17(19(16)15-18)14-22(26)25-9-7-24(8-10-25)20-3-2-4-21-23(20)29-12-11-28-21/h2-6,15,17H,7-14H2,1H3. The third kappa shape index (κ3) is 3.37. The number of carbonyl (C=O) groups is 1. The predicted octanol–water partition coefficient (Wildman–Crippen LogP) is 2.85. The molecule has 0 spiro atoms. The number of hydrogen-bond acceptors (Lipinski definition) is 5. The van der Waals surface area contributed by atoms with Crippen LogP contribution in [-0.4, -0.2) is 57.3 Å². The predicted molar refractivity (Wildman–Crippen MR) is 110 cm³/mol. The van der Waals surface area contributed by atoms with Gasteiger partial charge < -0.3 is 24.0 Å². The first-order valence-electron chi connectivity index (χ1n) is 10.3. The van der Waals surface area contributed by atoms with Crippen molar-refractivity contribution in [3.05, 3.63) is 47.5 Å². The van der Waals surface area contributed by atoms with Gasteiger partial charge in [0.1, 0.15) is 19.0 Å². The molecule has 2 aliphatic heterocycles. The lowest BCUT2D eigenvalue weighted by atomic mass is 9.75. The summed E-state index contributed by atoms with van der Waals surface area (Å²) in [6.07, 6.45) is 1.57. The number of nitrogens with zero attached hydrogens (tertiary/aromatic N) is 2. The molecule has 0 radical (unpaired) electrons. The summed E-state index contributed by atoms with van der Waals surface area (Å²) in [5.74, 6) is 3.08. The van der Waals surface area contributed by atoms with Crippen LogP contribution in [0.15, 0.2) is 36.4 Å². The SMILES string of the molecule is COc1ccc2c(c1)C(CC(=O)N1CCN(c3cccc4c3OCCO4)CC1)C2. The van der Waals surface area contributed by atoms with Crippen LogP contribution in [0.25, 0.3) is 0 Å². The van der Waals surface area contributed by atoms with Crippen molar-refractivity contribution in [2.24, 2.45) is 0 Å². The fourth-order valence-corrected chi connectivity index (χ4v) is 4.54. The summed E-state index contributed by atoms with van der Waals surface area (Å²) in [7, 11) is 1.68. The number of benzene rings is 2. The Hall–Kier alpha value is -2.89. The highest BCUT2D eigenvalue weighted by Gasteiger charge is 2.31. The van der Waals surface area contributed by atoms with Crippen LogP contribution in [0.4, 0.5) is 5.69 Å². The zero-order valence-corrected chi connectivity index (χ0v) is 16.7. The van der Waals surface area contributed by atoms with Gasteiger partial charge in [-0.25, -0.2) is 0 Å². The maximum absolute atomic E-state index is 12.9. The molecule has 2 heterocycles. The minimum Gasteiger partial charge on any atom is -0.497 e. The first kappa shape index (κ1) is 18.2. The van der Waals surface area contributed by atoms with Crippen molar-refractivity contribution < 1.29 is 19.0 Å². The van der Waals surface area contributed by atoms with Gasteiger partial charge in [-0.2, -0.15) is 0 Å². The zero-order chi connectivity index (χ0) is 19.8. The molecule has 0 saturated carbocycles. The van der Waals surface area contributed by atoms with E-state index in [-0.39, 0.29) is 5.91 Å². The van der Waals surface area contributed by atoms with E-state index in [0.29, 0.717) is 25.6 Å². The molecule has 1 amide bonds. The highest BCUT2D eigenvalue weighted by molar-refractivity contribution is 5.78. The molecule has 1 aliphatic carbocycles. The second-order valence-electron chi connectivity index (χ2n) is 7.84. The maximum Gasteiger partial charge on any atom is 0.223 e. The average Bonchev–Trinajstić information content (AvgIpc) is 2.77. The van der Waals surface area contributed by atoms with E-state index in [1.54, 1.807) is 7.11 Å². The number of methoxy groups -OCH3 is 1. The number of piperazine rings is 1. The van der Waals surface area contributed by atoms with Crippen molar-refractivity contribution in [3.63, 3.8) is 0 Å². The van der Waals surface area contributed by atoms with Crippen LogP contribution in [-0.2, 0) is 11.2 Å². The van der Waals surface area contributed by atoms with Crippen LogP contribution in [0, 0.1) is 0 Å². The Bertz CT molecular complexity index is 921. The summed E-state index contributed by atoms with van der Waals surface area (Å²) in [5, 5.41) is 0. The van der Waals surface area contributed by atoms with Gasteiger partial charge in [0.2, 0.25) is 5.91 Å². The van der Waals surface area contributed by atoms with Gasteiger partial charge in [0, 0.05) is 32.6 Å². The minimum atomic E-state index is 0.248. The number of fused-ring (bicyclic) bond motifs is 2. The van der Waals surface area contributed by atoms with E-state index >= 15 is 0 Å². The Morgan fingerprint density at radius 3 is 2.76 bits per heavy atom. The lowest BCUT2D eigenvalue weighted by molar-refractivity contribution is -0.132. The number of amides is 1. The lowest BCUT2D eigenvalue weighted by Crippen LogP contribution is -2.49. The summed E-state index contributed by atoms with van der Waals surface area (Å²) in [6, 6.07) is 12.2. The van der Waals surface area contributed by atoms with Gasteiger partial charge in [-0.15, -0.1) is 0 Å². The van der Waals surface area contributed by atoms with Crippen molar-refractivity contribution in [1.82, 2.24) is 4.90 Å². The molecule has 0 aromatic heterocycles. The van der Waals surface area contributed by atoms with E-state index in [9.17, 15) is 4.79 Å². The average molecular weight is 394 g/mol. The quantitative estimate of drug-likeness (QED) is 0.798. The van der Waals surface area contributed by atoms with Gasteiger partial charge in [0.15, 0.2) is 11.5 Å². The van der Waals surface area contributed by atoms with Crippen LogP contribution in [0.1, 0.15) is 23.5 Å². The van der Waals surface area contributed by atoms with Gasteiger partial charge >= 0.3 is 0 Å². The molecule has 3 aliphatic rings. The fraction of sp³-hybridized carbons (Fsp3) is 0.435. The highest BCUT2D eigenvalue weighted by Crippen LogP contribution is 2.41. The molecule has 29 heavy (non-hydrogen) atoms. The van der Waals surface area contributed by atoms with E-state index in [1.165, 1.54) is 11.1 Å². The van der Waals surface area contributed by atoms with Crippen LogP contribution >= 0.6 is 0 Å². The smallest absolute Gasteiger partial charge is 0.223 e. The molecular weight excluding hydrogens is 368 g/mol. The zero-order valence-electron chi connectivity index (χ0n) is 16.7. The molecule has 2 aromatic rings. The van der Waals surface area contributed by atoms with Crippen LogP contribution in [0.5, 0.6) is 17.2 Å². The number of rotatable bonds is 4. The largest absolute Gasteiger partial charge is 0.497 e. The molecule has 1 fully saturated rings. The molecule has 6 nitrogen and oxygen atoms in total. The Labute approximate surface area is 171 Å². The number of ether oxygens (including phenoxy) is 3. The van der Waals surface area contributed by atoms with Crippen LogP contribution < -0.4 is 19.1 Å². The topological polar surface area (TPSA) is 51.2 Å². The van der Waals surface area contributed by atoms with E-state index in [1.807, 2.05) is 23.1 Å². The summed E-state index contributed by atoms with van der Waals surface area (Å²) in [6.45, 7) is 4.26. The second kappa shape index (κ2) is 7.50. The Morgan fingerprint density at radius 1 is 1.10 bits per heavy atom. The molecule has 152 valence electrons. The van der Waals surface area contributed by atoms with E-state index in [2.05, 4.69) is 23.1 Å². The van der Waals surface area contributed by atoms with Crippen molar-refractivity contribution in [3.8, 4) is 17.2 Å². The van der Waals surface area contributed by atoms with Crippen molar-refractivity contribution in [1.29, 1.82) is 0 Å². The number of anilines is 1. The molecular formula is C23H26N2O4. The summed E-state index contributed by atoms with van der Waals surface area (Å²) >= 11 is 0. The summed E-state index contributed by atoms with van der Waals surface area (Å²) < 4.78 is 16.9. The Kier molecular flexibility index (Phi) is 4.70. The highest BCUT2D eigenvalue weighted by atomic mass is 16.6. The Morgan fingerprint density at radius 2 is 1.93 bits per heavy atom. The third-order valence-corrected chi connectivity index (χ3v) is 6.20. The monoisotopic (exact) mass is 394 g/mol. The first-order valence-corrected chi connectivity index (χ1v) is 10.3. The number of hydrogen-bond donors (Lipinski definition) is 0. The lowest BCUT2D eigenvalue weighted by Gasteiger charge is -2.38. The van der Waals surface area contributed by atoms with E-state index < -0.39 is 0 Å². The van der Waals surface area contributed by atoms with Crippen LogP contribution in [0.2, 0.25) is 0 Å². The molecule has 1 atom stereocenters. The molecule has 2 aromatic carbocycles. The van der Waals surface area contributed by atoms with Gasteiger partial charge in [-0.1, -0.05) is 12.1 Å². The van der Waals surface area contributed by atoms with Crippen molar-refractivity contribution in [2.45, 2.75) is 18.8 Å². The third-order valence-electron chi connectivity index (χ3n) is 6.20.